The third kappa shape index (κ3) is 3.54. The van der Waals surface area contributed by atoms with E-state index in [-0.39, 0.29) is 4.90 Å². The number of nitrogens with zero attached hydrogens (tertiary/aromatic N) is 2. The van der Waals surface area contributed by atoms with Crippen LogP contribution < -0.4 is 5.14 Å². The minimum atomic E-state index is -3.66. The summed E-state index contributed by atoms with van der Waals surface area (Å²) < 4.78 is 24.5. The fraction of sp³-hybridized carbons (Fsp3) is 0.727. The van der Waals surface area contributed by atoms with E-state index in [0.29, 0.717) is 11.4 Å². The Morgan fingerprint density at radius 2 is 1.88 bits per heavy atom. The topological polar surface area (TPSA) is 78.0 Å². The fourth-order valence-corrected chi connectivity index (χ4v) is 2.97. The molecule has 0 aliphatic heterocycles. The zero-order valence-electron chi connectivity index (χ0n) is 10.7. The van der Waals surface area contributed by atoms with E-state index in [4.69, 9.17) is 5.14 Å². The van der Waals surface area contributed by atoms with E-state index >= 15 is 0 Å². The van der Waals surface area contributed by atoms with Crippen molar-refractivity contribution in [3.63, 3.8) is 0 Å². The molecule has 0 amide bonds. The number of nitrogens with two attached hydrogens (primary N) is 1. The van der Waals surface area contributed by atoms with Crippen LogP contribution in [0.25, 0.3) is 0 Å². The van der Waals surface area contributed by atoms with E-state index in [0.717, 1.165) is 19.4 Å². The molecule has 0 saturated carbocycles. The third-order valence-electron chi connectivity index (χ3n) is 2.82. The van der Waals surface area contributed by atoms with Gasteiger partial charge in [0.15, 0.2) is 0 Å². The van der Waals surface area contributed by atoms with Crippen LogP contribution in [0.15, 0.2) is 4.90 Å². The molecule has 5 nitrogen and oxygen atoms in total. The van der Waals surface area contributed by atoms with Gasteiger partial charge in [0, 0.05) is 6.54 Å². The molecule has 2 N–H and O–H groups in total. The van der Waals surface area contributed by atoms with Crippen LogP contribution in [0.5, 0.6) is 0 Å². The number of aryl methyl sites for hydroxylation is 2. The molecule has 1 rings (SSSR count). The summed E-state index contributed by atoms with van der Waals surface area (Å²) >= 11 is 0. The second-order valence-electron chi connectivity index (χ2n) is 4.33. The fourth-order valence-electron chi connectivity index (χ4n) is 2.00. The van der Waals surface area contributed by atoms with Gasteiger partial charge in [-0.15, -0.1) is 0 Å². The standard InChI is InChI=1S/C11H21N3O2S/c1-4-5-6-7-8-14-10(3)11(9(2)13-14)17(12,15)16/h4-8H2,1-3H3,(H2,12,15,16). The van der Waals surface area contributed by atoms with Gasteiger partial charge in [-0.2, -0.15) is 5.10 Å². The Morgan fingerprint density at radius 1 is 1.24 bits per heavy atom. The average molecular weight is 259 g/mol. The van der Waals surface area contributed by atoms with Gasteiger partial charge in [0.05, 0.1) is 11.4 Å². The van der Waals surface area contributed by atoms with Crippen molar-refractivity contribution in [3.8, 4) is 0 Å². The first-order chi connectivity index (χ1) is 7.88. The van der Waals surface area contributed by atoms with Gasteiger partial charge in [-0.1, -0.05) is 26.2 Å². The van der Waals surface area contributed by atoms with Crippen LogP contribution >= 0.6 is 0 Å². The number of rotatable bonds is 6. The molecule has 98 valence electrons. The molecule has 6 heteroatoms. The normalized spacial score (nSPS) is 12.0. The lowest BCUT2D eigenvalue weighted by molar-refractivity contribution is 0.528. The maximum Gasteiger partial charge on any atom is 0.241 e. The van der Waals surface area contributed by atoms with Gasteiger partial charge >= 0.3 is 0 Å². The van der Waals surface area contributed by atoms with Crippen LogP contribution in [0, 0.1) is 13.8 Å². The number of aromatic nitrogens is 2. The molecule has 1 heterocycles. The van der Waals surface area contributed by atoms with Crippen molar-refractivity contribution in [3.05, 3.63) is 11.4 Å². The predicted octanol–water partition coefficient (Wildman–Crippen LogP) is 1.73. The maximum atomic E-state index is 11.4. The zero-order valence-corrected chi connectivity index (χ0v) is 11.5. The molecule has 0 bridgehead atoms. The Morgan fingerprint density at radius 3 is 2.35 bits per heavy atom. The first kappa shape index (κ1) is 14.2. The largest absolute Gasteiger partial charge is 0.268 e. The first-order valence-corrected chi connectivity index (χ1v) is 7.49. The van der Waals surface area contributed by atoms with Gasteiger partial charge < -0.3 is 0 Å². The van der Waals surface area contributed by atoms with Crippen LogP contribution in [0.2, 0.25) is 0 Å². The predicted molar refractivity (Wildman–Crippen MR) is 67.2 cm³/mol. The lowest BCUT2D eigenvalue weighted by Crippen LogP contribution is -2.14. The summed E-state index contributed by atoms with van der Waals surface area (Å²) in [5.41, 5.74) is 1.13. The SMILES string of the molecule is CCCCCCn1nc(C)c(S(N)(=O)=O)c1C. The van der Waals surface area contributed by atoms with Crippen LogP contribution in [0.1, 0.15) is 44.0 Å². The van der Waals surface area contributed by atoms with E-state index in [9.17, 15) is 8.42 Å². The minimum absolute atomic E-state index is 0.174. The van der Waals surface area contributed by atoms with Gasteiger partial charge in [0.25, 0.3) is 0 Å². The van der Waals surface area contributed by atoms with E-state index in [1.807, 2.05) is 0 Å². The van der Waals surface area contributed by atoms with E-state index in [2.05, 4.69) is 12.0 Å². The summed E-state index contributed by atoms with van der Waals surface area (Å²) in [7, 11) is -3.66. The summed E-state index contributed by atoms with van der Waals surface area (Å²) in [6.45, 7) is 6.33. The van der Waals surface area contributed by atoms with Crippen molar-refractivity contribution >= 4 is 10.0 Å². The highest BCUT2D eigenvalue weighted by molar-refractivity contribution is 7.89. The molecule has 0 aliphatic carbocycles. The lowest BCUT2D eigenvalue weighted by atomic mass is 10.2. The smallest absolute Gasteiger partial charge is 0.241 e. The second-order valence-corrected chi connectivity index (χ2v) is 5.83. The lowest BCUT2D eigenvalue weighted by Gasteiger charge is -2.04. The van der Waals surface area contributed by atoms with Gasteiger partial charge in [-0.25, -0.2) is 13.6 Å². The second kappa shape index (κ2) is 5.64. The number of hydrogen-bond donors (Lipinski definition) is 1. The first-order valence-electron chi connectivity index (χ1n) is 5.94. The monoisotopic (exact) mass is 259 g/mol. The molecule has 0 atom stereocenters. The molecule has 0 fully saturated rings. The van der Waals surface area contributed by atoms with Gasteiger partial charge in [-0.3, -0.25) is 4.68 Å². The van der Waals surface area contributed by atoms with Crippen molar-refractivity contribution < 1.29 is 8.42 Å². The van der Waals surface area contributed by atoms with Crippen molar-refractivity contribution in [1.82, 2.24) is 9.78 Å². The molecule has 0 aliphatic rings. The Balaban J connectivity index is 2.83. The Bertz CT molecular complexity index is 477. The maximum absolute atomic E-state index is 11.4. The van der Waals surface area contributed by atoms with E-state index in [1.165, 1.54) is 12.8 Å². The van der Waals surface area contributed by atoms with Crippen molar-refractivity contribution in [2.24, 2.45) is 5.14 Å². The molecule has 0 saturated heterocycles. The molecule has 1 aromatic heterocycles. The zero-order chi connectivity index (χ0) is 13.1. The van der Waals surface area contributed by atoms with Crippen LogP contribution in [0.3, 0.4) is 0 Å². The minimum Gasteiger partial charge on any atom is -0.268 e. The van der Waals surface area contributed by atoms with Crippen LogP contribution in [-0.2, 0) is 16.6 Å². The van der Waals surface area contributed by atoms with Gasteiger partial charge in [-0.05, 0) is 20.3 Å². The Kier molecular flexibility index (Phi) is 4.70. The van der Waals surface area contributed by atoms with E-state index in [1.54, 1.807) is 18.5 Å². The quantitative estimate of drug-likeness (QED) is 0.790. The van der Waals surface area contributed by atoms with Crippen molar-refractivity contribution in [1.29, 1.82) is 0 Å². The molecule has 0 aromatic carbocycles. The molecule has 0 radical (unpaired) electrons. The summed E-state index contributed by atoms with van der Waals surface area (Å²) in [5.74, 6) is 0. The van der Waals surface area contributed by atoms with Gasteiger partial charge in [0.2, 0.25) is 10.0 Å². The van der Waals surface area contributed by atoms with Crippen molar-refractivity contribution in [2.45, 2.75) is 57.9 Å². The van der Waals surface area contributed by atoms with E-state index < -0.39 is 10.0 Å². The summed E-state index contributed by atoms with van der Waals surface area (Å²) in [5, 5.41) is 9.40. The molecule has 1 aromatic rings. The summed E-state index contributed by atoms with van der Waals surface area (Å²) in [6, 6.07) is 0. The Labute approximate surface area is 103 Å². The third-order valence-corrected chi connectivity index (χ3v) is 3.98. The summed E-state index contributed by atoms with van der Waals surface area (Å²) in [6.07, 6.45) is 4.53. The molecular weight excluding hydrogens is 238 g/mol. The van der Waals surface area contributed by atoms with Crippen molar-refractivity contribution in [2.75, 3.05) is 0 Å². The Hall–Kier alpha value is -0.880. The molecular formula is C11H21N3O2S. The van der Waals surface area contributed by atoms with Crippen LogP contribution in [-0.4, -0.2) is 18.2 Å². The number of unbranched alkanes of at least 4 members (excludes halogenated alkanes) is 3. The molecule has 0 spiro atoms. The molecule has 0 unspecified atom stereocenters. The number of sulfonamides is 1. The highest BCUT2D eigenvalue weighted by Crippen LogP contribution is 2.18. The van der Waals surface area contributed by atoms with Crippen LogP contribution in [0.4, 0.5) is 0 Å². The highest BCUT2D eigenvalue weighted by atomic mass is 32.2. The number of hydrogen-bond acceptors (Lipinski definition) is 3. The average Bonchev–Trinajstić information content (AvgIpc) is 2.48. The highest BCUT2D eigenvalue weighted by Gasteiger charge is 2.20. The summed E-state index contributed by atoms with van der Waals surface area (Å²) in [4.78, 5) is 0.174. The van der Waals surface area contributed by atoms with Gasteiger partial charge in [0.1, 0.15) is 4.90 Å². The number of primary sulfonamides is 1. The molecule has 17 heavy (non-hydrogen) atoms.